The lowest BCUT2D eigenvalue weighted by Crippen LogP contribution is -2.37. The molecule has 0 saturated heterocycles. The summed E-state index contributed by atoms with van der Waals surface area (Å²) < 4.78 is 0. The topological polar surface area (TPSA) is 121 Å². The fourth-order valence-corrected chi connectivity index (χ4v) is 2.00. The Morgan fingerprint density at radius 3 is 2.71 bits per heavy atom. The first-order valence-electron chi connectivity index (χ1n) is 4.85. The summed E-state index contributed by atoms with van der Waals surface area (Å²) in [5, 5.41) is 32.6. The lowest BCUT2D eigenvalue weighted by atomic mass is 9.89. The zero-order valence-corrected chi connectivity index (χ0v) is 9.38. The van der Waals surface area contributed by atoms with Gasteiger partial charge in [-0.2, -0.15) is 0 Å². The van der Waals surface area contributed by atoms with Gasteiger partial charge in [0.25, 0.3) is 0 Å². The van der Waals surface area contributed by atoms with Crippen molar-refractivity contribution in [1.82, 2.24) is 4.98 Å². The quantitative estimate of drug-likeness (QED) is 0.486. The summed E-state index contributed by atoms with van der Waals surface area (Å²) in [6.45, 7) is -0.518. The van der Waals surface area contributed by atoms with Crippen LogP contribution in [0, 0.1) is 10.8 Å². The third-order valence-electron chi connectivity index (χ3n) is 2.69. The minimum atomic E-state index is -1.18. The van der Waals surface area contributed by atoms with Gasteiger partial charge in [-0.05, 0) is 0 Å². The van der Waals surface area contributed by atoms with E-state index in [2.05, 4.69) is 4.98 Å². The number of aromatic amines is 1. The van der Waals surface area contributed by atoms with Crippen molar-refractivity contribution in [2.75, 3.05) is 6.61 Å². The Bertz CT molecular complexity index is 523. The number of hydrogen-bond acceptors (Lipinski definition) is 5. The first-order chi connectivity index (χ1) is 7.99. The van der Waals surface area contributed by atoms with Crippen molar-refractivity contribution in [3.05, 3.63) is 23.0 Å². The molecule has 0 bridgehead atoms. The Balaban J connectivity index is 2.61. The van der Waals surface area contributed by atoms with E-state index in [1.165, 1.54) is 6.20 Å². The summed E-state index contributed by atoms with van der Waals surface area (Å²) >= 11 is 5.79. The number of halogens is 1. The molecule has 1 aromatic heterocycles. The minimum absolute atomic E-state index is 0.0689. The van der Waals surface area contributed by atoms with Crippen molar-refractivity contribution in [3.8, 4) is 0 Å². The van der Waals surface area contributed by atoms with Crippen LogP contribution in [0.25, 0.3) is 0 Å². The van der Waals surface area contributed by atoms with E-state index >= 15 is 0 Å². The Labute approximate surface area is 101 Å². The highest BCUT2D eigenvalue weighted by atomic mass is 35.5. The fraction of sp³-hybridized carbons (Fsp3) is 0.300. The predicted octanol–water partition coefficient (Wildman–Crippen LogP) is 0.232. The van der Waals surface area contributed by atoms with E-state index in [9.17, 15) is 9.90 Å². The molecule has 0 amide bonds. The van der Waals surface area contributed by atoms with E-state index in [0.29, 0.717) is 0 Å². The zero-order chi connectivity index (χ0) is 12.7. The molecule has 1 heterocycles. The van der Waals surface area contributed by atoms with Gasteiger partial charge in [-0.3, -0.25) is 10.2 Å². The number of H-pyrrole nitrogens is 1. The largest absolute Gasteiger partial charge is 0.393 e. The maximum absolute atomic E-state index is 11.7. The molecule has 2 rings (SSSR count). The van der Waals surface area contributed by atoms with Gasteiger partial charge < -0.3 is 20.6 Å². The van der Waals surface area contributed by atoms with Gasteiger partial charge in [-0.25, -0.2) is 0 Å². The molecule has 1 aliphatic carbocycles. The maximum Gasteiger partial charge on any atom is 0.225 e. The molecule has 0 radical (unpaired) electrons. The number of ketones is 1. The Hall–Kier alpha value is -1.50. The predicted molar refractivity (Wildman–Crippen MR) is 61.4 cm³/mol. The Morgan fingerprint density at radius 1 is 1.47 bits per heavy atom. The van der Waals surface area contributed by atoms with Gasteiger partial charge in [0.15, 0.2) is 0 Å². The van der Waals surface area contributed by atoms with Crippen LogP contribution in [-0.4, -0.2) is 44.4 Å². The molecule has 0 spiro atoms. The van der Waals surface area contributed by atoms with E-state index < -0.39 is 23.9 Å². The van der Waals surface area contributed by atoms with E-state index in [1.54, 1.807) is 0 Å². The van der Waals surface area contributed by atoms with Crippen molar-refractivity contribution < 1.29 is 15.0 Å². The van der Waals surface area contributed by atoms with E-state index in [4.69, 9.17) is 27.5 Å². The van der Waals surface area contributed by atoms with Crippen LogP contribution < -0.4 is 0 Å². The SMILES string of the molecule is N=C1C(=O)c2[nH]cc(C(O)CO)c2C(=N)C1Cl. The van der Waals surface area contributed by atoms with Crippen LogP contribution in [0.15, 0.2) is 6.20 Å². The second-order valence-corrected chi connectivity index (χ2v) is 4.15. The summed E-state index contributed by atoms with van der Waals surface area (Å²) in [4.78, 5) is 14.3. The van der Waals surface area contributed by atoms with Crippen molar-refractivity contribution in [2.45, 2.75) is 11.5 Å². The summed E-state index contributed by atoms with van der Waals surface area (Å²) in [5.74, 6) is -0.590. The number of Topliss-reactive ketones (excluding diaryl/α,β-unsaturated/α-hetero) is 1. The summed E-state index contributed by atoms with van der Waals surface area (Å²) in [5.41, 5.74) is 0.0250. The van der Waals surface area contributed by atoms with Crippen LogP contribution in [0.4, 0.5) is 0 Å². The monoisotopic (exact) mass is 255 g/mol. The number of aromatic nitrogens is 1. The molecule has 17 heavy (non-hydrogen) atoms. The molecule has 0 fully saturated rings. The fourth-order valence-electron chi connectivity index (χ4n) is 1.79. The number of fused-ring (bicyclic) bond motifs is 1. The number of aliphatic hydroxyl groups excluding tert-OH is 2. The highest BCUT2D eigenvalue weighted by Crippen LogP contribution is 2.28. The first kappa shape index (κ1) is 12.0. The summed E-state index contributed by atoms with van der Waals surface area (Å²) in [6.07, 6.45) is 0.166. The molecule has 5 N–H and O–H groups in total. The first-order valence-corrected chi connectivity index (χ1v) is 5.28. The molecule has 2 atom stereocenters. The van der Waals surface area contributed by atoms with Crippen molar-refractivity contribution >= 4 is 28.8 Å². The van der Waals surface area contributed by atoms with Gasteiger partial charge in [-0.1, -0.05) is 0 Å². The van der Waals surface area contributed by atoms with E-state index in [1.807, 2.05) is 0 Å². The van der Waals surface area contributed by atoms with Crippen LogP contribution in [0.5, 0.6) is 0 Å². The van der Waals surface area contributed by atoms with E-state index in [-0.39, 0.29) is 28.2 Å². The standard InChI is InChI=1S/C10H10ClN3O3/c11-6-7(12)5-3(4(16)2-15)1-14-9(5)10(17)8(6)13/h1,4,6,12-16H,2H2. The summed E-state index contributed by atoms with van der Waals surface area (Å²) in [7, 11) is 0. The second kappa shape index (κ2) is 4.06. The number of hydrogen-bond donors (Lipinski definition) is 5. The minimum Gasteiger partial charge on any atom is -0.393 e. The van der Waals surface area contributed by atoms with Crippen molar-refractivity contribution in [1.29, 1.82) is 10.8 Å². The number of nitrogens with one attached hydrogen (secondary N) is 3. The molecule has 1 aliphatic rings. The van der Waals surface area contributed by atoms with Crippen LogP contribution >= 0.6 is 11.6 Å². The molecule has 2 unspecified atom stereocenters. The summed E-state index contributed by atoms with van der Waals surface area (Å²) in [6, 6.07) is 0. The number of alkyl halides is 1. The number of aliphatic hydroxyl groups is 2. The number of carbonyl (C=O) groups is 1. The van der Waals surface area contributed by atoms with Crippen LogP contribution in [0.3, 0.4) is 0 Å². The lowest BCUT2D eigenvalue weighted by molar-refractivity contribution is 0.0955. The molecule has 1 aromatic rings. The highest BCUT2D eigenvalue weighted by molar-refractivity contribution is 6.64. The molecule has 0 aliphatic heterocycles. The third-order valence-corrected chi connectivity index (χ3v) is 3.13. The molecular formula is C10H10ClN3O3. The third kappa shape index (κ3) is 1.61. The van der Waals surface area contributed by atoms with Gasteiger partial charge >= 0.3 is 0 Å². The molecule has 0 aromatic carbocycles. The van der Waals surface area contributed by atoms with Gasteiger partial charge in [0.1, 0.15) is 17.2 Å². The molecule has 0 saturated carbocycles. The van der Waals surface area contributed by atoms with Crippen molar-refractivity contribution in [2.24, 2.45) is 0 Å². The normalized spacial score (nSPS) is 21.6. The van der Waals surface area contributed by atoms with Gasteiger partial charge in [0.05, 0.1) is 18.0 Å². The molecular weight excluding hydrogens is 246 g/mol. The number of carbonyl (C=O) groups excluding carboxylic acids is 1. The van der Waals surface area contributed by atoms with Crippen molar-refractivity contribution in [3.63, 3.8) is 0 Å². The van der Waals surface area contributed by atoms with Gasteiger partial charge in [0.2, 0.25) is 5.78 Å². The molecule has 6 nitrogen and oxygen atoms in total. The smallest absolute Gasteiger partial charge is 0.225 e. The van der Waals surface area contributed by atoms with Gasteiger partial charge in [-0.15, -0.1) is 11.6 Å². The Kier molecular flexibility index (Phi) is 2.86. The van der Waals surface area contributed by atoms with Crippen LogP contribution in [-0.2, 0) is 0 Å². The average Bonchev–Trinajstić information content (AvgIpc) is 2.77. The molecule has 7 heteroatoms. The van der Waals surface area contributed by atoms with Crippen LogP contribution in [0.2, 0.25) is 0 Å². The van der Waals surface area contributed by atoms with Crippen LogP contribution in [0.1, 0.15) is 27.7 Å². The Morgan fingerprint density at radius 2 is 2.12 bits per heavy atom. The average molecular weight is 256 g/mol. The second-order valence-electron chi connectivity index (χ2n) is 3.71. The maximum atomic E-state index is 11.7. The zero-order valence-electron chi connectivity index (χ0n) is 8.62. The number of rotatable bonds is 2. The lowest BCUT2D eigenvalue weighted by Gasteiger charge is -2.20. The van der Waals surface area contributed by atoms with Gasteiger partial charge in [0, 0.05) is 17.3 Å². The molecule has 90 valence electrons. The highest BCUT2D eigenvalue weighted by Gasteiger charge is 2.37. The van der Waals surface area contributed by atoms with E-state index in [0.717, 1.165) is 0 Å².